The number of thiol groups is 2. The highest BCUT2D eigenvalue weighted by Crippen LogP contribution is 2.21. The number of aliphatic carboxylic acids is 1. The van der Waals surface area contributed by atoms with Crippen molar-refractivity contribution < 1.29 is 19.4 Å². The summed E-state index contributed by atoms with van der Waals surface area (Å²) in [7, 11) is 0. The third kappa shape index (κ3) is 16.3. The molecule has 0 fully saturated rings. The first kappa shape index (κ1) is 27.4. The van der Waals surface area contributed by atoms with Crippen molar-refractivity contribution in [3.8, 4) is 0 Å². The zero-order valence-electron chi connectivity index (χ0n) is 17.5. The maximum atomic E-state index is 11.4. The second kappa shape index (κ2) is 18.4. The molecule has 0 heterocycles. The van der Waals surface area contributed by atoms with E-state index >= 15 is 0 Å². The fourth-order valence-corrected chi connectivity index (χ4v) is 3.95. The predicted octanol–water partition coefficient (Wildman–Crippen LogP) is 6.11. The number of hydrogen-bond acceptors (Lipinski definition) is 5. The van der Waals surface area contributed by atoms with Crippen LogP contribution < -0.4 is 0 Å². The fraction of sp³-hybridized carbons (Fsp3) is 0.818. The number of rotatable bonds is 19. The van der Waals surface area contributed by atoms with Crippen molar-refractivity contribution in [1.29, 1.82) is 0 Å². The molecule has 0 aromatic heterocycles. The van der Waals surface area contributed by atoms with Gasteiger partial charge in [0.2, 0.25) is 0 Å². The molecular formula is C22H40O4S2. The van der Waals surface area contributed by atoms with E-state index in [0.29, 0.717) is 17.4 Å². The first-order valence-corrected chi connectivity index (χ1v) is 11.9. The van der Waals surface area contributed by atoms with Crippen molar-refractivity contribution in [2.75, 3.05) is 12.4 Å². The van der Waals surface area contributed by atoms with Crippen molar-refractivity contribution in [3.63, 3.8) is 0 Å². The second-order valence-electron chi connectivity index (χ2n) is 7.67. The Balaban J connectivity index is 3.56. The molecule has 28 heavy (non-hydrogen) atoms. The van der Waals surface area contributed by atoms with E-state index < -0.39 is 5.97 Å². The molecule has 0 saturated heterocycles. The van der Waals surface area contributed by atoms with Gasteiger partial charge in [0.1, 0.15) is 0 Å². The van der Waals surface area contributed by atoms with E-state index in [0.717, 1.165) is 76.4 Å². The number of hydrogen-bond donors (Lipinski definition) is 3. The zero-order chi connectivity index (χ0) is 21.2. The van der Waals surface area contributed by atoms with Gasteiger partial charge in [-0.3, -0.25) is 4.79 Å². The zero-order valence-corrected chi connectivity index (χ0v) is 19.3. The van der Waals surface area contributed by atoms with Crippen molar-refractivity contribution >= 4 is 37.2 Å². The first-order valence-electron chi connectivity index (χ1n) is 10.7. The summed E-state index contributed by atoms with van der Waals surface area (Å²) in [5.74, 6) is -0.336. The predicted molar refractivity (Wildman–Crippen MR) is 124 cm³/mol. The summed E-state index contributed by atoms with van der Waals surface area (Å²) in [5.41, 5.74) is 0.449. The molecule has 6 heteroatoms. The monoisotopic (exact) mass is 432 g/mol. The molecule has 164 valence electrons. The number of esters is 1. The van der Waals surface area contributed by atoms with Crippen LogP contribution in [0.1, 0.15) is 90.4 Å². The van der Waals surface area contributed by atoms with Gasteiger partial charge in [0, 0.05) is 10.8 Å². The number of carboxylic acid groups (broad SMARTS) is 1. The largest absolute Gasteiger partial charge is 0.481 e. The molecule has 0 rings (SSSR count). The molecule has 0 saturated carbocycles. The Morgan fingerprint density at radius 2 is 1.43 bits per heavy atom. The lowest BCUT2D eigenvalue weighted by molar-refractivity contribution is -0.142. The molecule has 0 spiro atoms. The highest BCUT2D eigenvalue weighted by molar-refractivity contribution is 7.81. The van der Waals surface area contributed by atoms with Crippen LogP contribution in [-0.4, -0.2) is 34.7 Å². The van der Waals surface area contributed by atoms with Crippen LogP contribution in [0.2, 0.25) is 0 Å². The van der Waals surface area contributed by atoms with Crippen molar-refractivity contribution in [1.82, 2.24) is 0 Å². The van der Waals surface area contributed by atoms with E-state index in [4.69, 9.17) is 4.74 Å². The molecule has 0 amide bonds. The first-order chi connectivity index (χ1) is 13.4. The summed E-state index contributed by atoms with van der Waals surface area (Å²) in [6, 6.07) is 0. The van der Waals surface area contributed by atoms with Gasteiger partial charge in [-0.2, -0.15) is 25.3 Å². The van der Waals surface area contributed by atoms with Gasteiger partial charge < -0.3 is 9.84 Å². The summed E-state index contributed by atoms with van der Waals surface area (Å²) >= 11 is 8.71. The molecule has 0 aliphatic carbocycles. The third-order valence-electron chi connectivity index (χ3n) is 4.93. The third-order valence-corrected chi connectivity index (χ3v) is 5.70. The topological polar surface area (TPSA) is 63.6 Å². The molecule has 0 radical (unpaired) electrons. The number of carbonyl (C=O) groups excluding carboxylic acids is 1. The Morgan fingerprint density at radius 3 is 1.96 bits per heavy atom. The highest BCUT2D eigenvalue weighted by atomic mass is 32.1. The van der Waals surface area contributed by atoms with Gasteiger partial charge in [-0.15, -0.1) is 0 Å². The van der Waals surface area contributed by atoms with Crippen LogP contribution in [0.25, 0.3) is 0 Å². The summed E-state index contributed by atoms with van der Waals surface area (Å²) in [6.45, 7) is 5.69. The number of carboxylic acids is 1. The van der Waals surface area contributed by atoms with Gasteiger partial charge in [-0.1, -0.05) is 57.9 Å². The standard InChI is InChI=1S/C22H40O4S2/c1-18(2)22(25)26-16-10-8-6-4-3-5-7-9-12-19(21(23)24)13-11-14-20(28)15-17-27/h19-20,27-28H,1,3-17H2,2H3,(H,23,24). The van der Waals surface area contributed by atoms with E-state index in [1.165, 1.54) is 12.8 Å². The Bertz CT molecular complexity index is 440. The van der Waals surface area contributed by atoms with Crippen LogP contribution in [0.15, 0.2) is 12.2 Å². The van der Waals surface area contributed by atoms with Gasteiger partial charge in [-0.05, 0) is 44.8 Å². The molecule has 0 aliphatic rings. The summed E-state index contributed by atoms with van der Waals surface area (Å²) in [4.78, 5) is 22.6. The second-order valence-corrected chi connectivity index (χ2v) is 8.84. The molecular weight excluding hydrogens is 392 g/mol. The average Bonchev–Trinajstić information content (AvgIpc) is 2.64. The lowest BCUT2D eigenvalue weighted by Crippen LogP contribution is -2.14. The molecule has 2 unspecified atom stereocenters. The SMILES string of the molecule is C=C(C)C(=O)OCCCCCCCCCCC(CCCC(S)CCS)C(=O)O. The van der Waals surface area contributed by atoms with Gasteiger partial charge in [-0.25, -0.2) is 4.79 Å². The summed E-state index contributed by atoms with van der Waals surface area (Å²) in [6.07, 6.45) is 13.2. The van der Waals surface area contributed by atoms with Gasteiger partial charge >= 0.3 is 11.9 Å². The fourth-order valence-electron chi connectivity index (χ4n) is 3.13. The summed E-state index contributed by atoms with van der Waals surface area (Å²) < 4.78 is 5.06. The molecule has 0 aromatic carbocycles. The maximum Gasteiger partial charge on any atom is 0.333 e. The van der Waals surface area contributed by atoms with Gasteiger partial charge in [0.25, 0.3) is 0 Å². The van der Waals surface area contributed by atoms with Crippen LogP contribution in [-0.2, 0) is 14.3 Å². The molecule has 0 aliphatic heterocycles. The Morgan fingerprint density at radius 1 is 0.893 bits per heavy atom. The van der Waals surface area contributed by atoms with Crippen molar-refractivity contribution in [3.05, 3.63) is 12.2 Å². The lowest BCUT2D eigenvalue weighted by Gasteiger charge is -2.14. The number of ether oxygens (including phenoxy) is 1. The minimum absolute atomic E-state index is 0.210. The Labute approximate surface area is 182 Å². The maximum absolute atomic E-state index is 11.4. The summed E-state index contributed by atoms with van der Waals surface area (Å²) in [5, 5.41) is 9.72. The van der Waals surface area contributed by atoms with E-state index in [1.807, 2.05) is 0 Å². The molecule has 4 nitrogen and oxygen atoms in total. The van der Waals surface area contributed by atoms with Crippen LogP contribution in [0.5, 0.6) is 0 Å². The Hall–Kier alpha value is -0.620. The number of carbonyl (C=O) groups is 2. The van der Waals surface area contributed by atoms with E-state index in [1.54, 1.807) is 6.92 Å². The molecule has 0 aromatic rings. The Kier molecular flexibility index (Phi) is 18.0. The van der Waals surface area contributed by atoms with E-state index in [-0.39, 0.29) is 11.9 Å². The van der Waals surface area contributed by atoms with Gasteiger partial charge in [0.15, 0.2) is 0 Å². The molecule has 1 N–H and O–H groups in total. The minimum Gasteiger partial charge on any atom is -0.481 e. The average molecular weight is 433 g/mol. The van der Waals surface area contributed by atoms with Gasteiger partial charge in [0.05, 0.1) is 12.5 Å². The van der Waals surface area contributed by atoms with Crippen LogP contribution in [0.4, 0.5) is 0 Å². The normalized spacial score (nSPS) is 13.1. The smallest absolute Gasteiger partial charge is 0.333 e. The highest BCUT2D eigenvalue weighted by Gasteiger charge is 2.17. The quantitative estimate of drug-likeness (QED) is 0.0998. The van der Waals surface area contributed by atoms with E-state index in [2.05, 4.69) is 31.8 Å². The van der Waals surface area contributed by atoms with Crippen LogP contribution in [0, 0.1) is 5.92 Å². The van der Waals surface area contributed by atoms with Crippen LogP contribution in [0.3, 0.4) is 0 Å². The number of unbranched alkanes of at least 4 members (excludes halogenated alkanes) is 7. The molecule has 2 atom stereocenters. The van der Waals surface area contributed by atoms with Crippen LogP contribution >= 0.6 is 25.3 Å². The van der Waals surface area contributed by atoms with E-state index in [9.17, 15) is 14.7 Å². The lowest BCUT2D eigenvalue weighted by atomic mass is 9.94. The molecule has 0 bridgehead atoms. The minimum atomic E-state index is -0.655. The van der Waals surface area contributed by atoms with Crippen molar-refractivity contribution in [2.45, 2.75) is 95.6 Å². The van der Waals surface area contributed by atoms with Crippen molar-refractivity contribution in [2.24, 2.45) is 5.92 Å².